The predicted octanol–water partition coefficient (Wildman–Crippen LogP) is 0.810. The summed E-state index contributed by atoms with van der Waals surface area (Å²) in [7, 11) is 0. The molecule has 0 radical (unpaired) electrons. The van der Waals surface area contributed by atoms with Crippen LogP contribution in [-0.4, -0.2) is 50.1 Å². The van der Waals surface area contributed by atoms with Gasteiger partial charge >= 0.3 is 0 Å². The lowest BCUT2D eigenvalue weighted by atomic mass is 9.88. The summed E-state index contributed by atoms with van der Waals surface area (Å²) in [5.41, 5.74) is 4.64. The number of rotatable bonds is 2. The van der Waals surface area contributed by atoms with Gasteiger partial charge in [-0.2, -0.15) is 0 Å². The number of anilines is 1. The molecule has 1 aromatic carbocycles. The number of nitrogens with zero attached hydrogens (tertiary/aromatic N) is 1. The van der Waals surface area contributed by atoms with Crippen LogP contribution in [-0.2, 0) is 11.2 Å². The van der Waals surface area contributed by atoms with E-state index in [1.807, 2.05) is 0 Å². The minimum atomic E-state index is -2.04. The van der Waals surface area contributed by atoms with Crippen LogP contribution < -0.4 is 5.73 Å². The zero-order valence-corrected chi connectivity index (χ0v) is 13.2. The van der Waals surface area contributed by atoms with Gasteiger partial charge in [-0.25, -0.2) is 13.8 Å². The second-order valence-electron chi connectivity index (χ2n) is 6.94. The highest BCUT2D eigenvalue weighted by Crippen LogP contribution is 2.48. The number of nitrogen functional groups attached to an aromatic ring is 1. The molecule has 2 heterocycles. The summed E-state index contributed by atoms with van der Waals surface area (Å²) in [5.74, 6) is -2.90. The maximum atomic E-state index is 13.5. The largest absolute Gasteiger partial charge is 0.384 e. The normalized spacial score (nSPS) is 37.6. The van der Waals surface area contributed by atoms with E-state index in [0.29, 0.717) is 16.5 Å². The molecule has 2 aliphatic rings. The molecule has 25 heavy (non-hydrogen) atoms. The molecule has 2 aromatic rings. The molecular weight excluding hydrogens is 334 g/mol. The maximum Gasteiger partial charge on any atom is 0.199 e. The predicted molar refractivity (Wildman–Crippen MR) is 84.7 cm³/mol. The van der Waals surface area contributed by atoms with Gasteiger partial charge in [-0.15, -0.1) is 0 Å². The van der Waals surface area contributed by atoms with Crippen molar-refractivity contribution in [1.82, 2.24) is 4.98 Å². The standard InChI is InChI=1S/C17H18F2N2O4/c18-10-5-13-16(23,7-10)15(22)17(24,25-13)6-8-1-2-9-4-11(19)14(20)21-12(9)3-8/h1-4,10,13,15,22-24H,5-7H2,(H2,20,21). The Morgan fingerprint density at radius 1 is 1.32 bits per heavy atom. The number of alkyl halides is 1. The van der Waals surface area contributed by atoms with E-state index < -0.39 is 35.6 Å². The zero-order valence-electron chi connectivity index (χ0n) is 13.2. The van der Waals surface area contributed by atoms with Crippen molar-refractivity contribution in [2.24, 2.45) is 0 Å². The van der Waals surface area contributed by atoms with E-state index in [0.717, 1.165) is 0 Å². The fourth-order valence-corrected chi connectivity index (χ4v) is 3.89. The van der Waals surface area contributed by atoms with Gasteiger partial charge < -0.3 is 25.8 Å². The molecule has 5 N–H and O–H groups in total. The molecule has 1 saturated carbocycles. The number of nitrogens with two attached hydrogens (primary N) is 1. The number of benzene rings is 1. The smallest absolute Gasteiger partial charge is 0.199 e. The number of aliphatic hydroxyl groups excluding tert-OH is 1. The maximum absolute atomic E-state index is 13.5. The Labute approximate surface area is 141 Å². The van der Waals surface area contributed by atoms with Crippen LogP contribution in [0.4, 0.5) is 14.6 Å². The van der Waals surface area contributed by atoms with Crippen molar-refractivity contribution < 1.29 is 28.8 Å². The first kappa shape index (κ1) is 16.6. The van der Waals surface area contributed by atoms with Crippen LogP contribution in [0, 0.1) is 5.82 Å². The van der Waals surface area contributed by atoms with E-state index in [-0.39, 0.29) is 25.1 Å². The average molecular weight is 352 g/mol. The van der Waals surface area contributed by atoms with Gasteiger partial charge in [-0.1, -0.05) is 12.1 Å². The van der Waals surface area contributed by atoms with Crippen LogP contribution in [0.1, 0.15) is 18.4 Å². The third-order valence-electron chi connectivity index (χ3n) is 5.14. The highest BCUT2D eigenvalue weighted by atomic mass is 19.1. The van der Waals surface area contributed by atoms with E-state index in [1.165, 1.54) is 6.07 Å². The first-order chi connectivity index (χ1) is 11.7. The minimum Gasteiger partial charge on any atom is -0.384 e. The summed E-state index contributed by atoms with van der Waals surface area (Å²) in [4.78, 5) is 3.95. The highest BCUT2D eigenvalue weighted by molar-refractivity contribution is 5.80. The SMILES string of the molecule is Nc1nc2cc(CC3(O)OC4CC(F)CC4(O)C3O)ccc2cc1F. The zero-order chi connectivity index (χ0) is 18.0. The van der Waals surface area contributed by atoms with Gasteiger partial charge in [0, 0.05) is 24.6 Å². The van der Waals surface area contributed by atoms with Crippen molar-refractivity contribution in [2.45, 2.75) is 49.0 Å². The lowest BCUT2D eigenvalue weighted by Gasteiger charge is -2.30. The van der Waals surface area contributed by atoms with Crippen molar-refractivity contribution in [2.75, 3.05) is 5.73 Å². The van der Waals surface area contributed by atoms with E-state index in [9.17, 15) is 24.1 Å². The molecule has 4 rings (SSSR count). The number of ether oxygens (including phenoxy) is 1. The number of fused-ring (bicyclic) bond motifs is 2. The fourth-order valence-electron chi connectivity index (χ4n) is 3.89. The molecule has 1 aliphatic carbocycles. The van der Waals surface area contributed by atoms with E-state index >= 15 is 0 Å². The van der Waals surface area contributed by atoms with E-state index in [2.05, 4.69) is 4.98 Å². The molecule has 6 nitrogen and oxygen atoms in total. The van der Waals surface area contributed by atoms with Gasteiger partial charge in [0.15, 0.2) is 17.4 Å². The Hall–Kier alpha value is -1.87. The third-order valence-corrected chi connectivity index (χ3v) is 5.14. The number of hydrogen-bond donors (Lipinski definition) is 4. The third kappa shape index (κ3) is 2.48. The summed E-state index contributed by atoms with van der Waals surface area (Å²) < 4.78 is 32.4. The molecule has 5 unspecified atom stereocenters. The summed E-state index contributed by atoms with van der Waals surface area (Å²) in [6.45, 7) is 0. The van der Waals surface area contributed by atoms with Gasteiger partial charge in [-0.05, 0) is 17.7 Å². The molecule has 0 spiro atoms. The second kappa shape index (κ2) is 5.31. The van der Waals surface area contributed by atoms with Gasteiger partial charge in [0.1, 0.15) is 17.9 Å². The topological polar surface area (TPSA) is 109 Å². The number of hydrogen-bond acceptors (Lipinski definition) is 6. The molecule has 1 aliphatic heterocycles. The Balaban J connectivity index is 1.64. The molecule has 1 saturated heterocycles. The lowest BCUT2D eigenvalue weighted by molar-refractivity contribution is -0.231. The Morgan fingerprint density at radius 3 is 2.80 bits per heavy atom. The van der Waals surface area contributed by atoms with E-state index in [1.54, 1.807) is 18.2 Å². The number of aliphatic hydroxyl groups is 3. The molecule has 134 valence electrons. The molecular formula is C17H18F2N2O4. The molecule has 2 fully saturated rings. The van der Waals surface area contributed by atoms with Crippen molar-refractivity contribution in [3.05, 3.63) is 35.6 Å². The number of aromatic nitrogens is 1. The average Bonchev–Trinajstić information content (AvgIpc) is 2.90. The summed E-state index contributed by atoms with van der Waals surface area (Å²) >= 11 is 0. The van der Waals surface area contributed by atoms with Crippen LogP contribution in [0.2, 0.25) is 0 Å². The lowest BCUT2D eigenvalue weighted by Crippen LogP contribution is -2.51. The summed E-state index contributed by atoms with van der Waals surface area (Å²) in [6.07, 6.45) is -4.39. The van der Waals surface area contributed by atoms with Crippen molar-refractivity contribution in [3.8, 4) is 0 Å². The van der Waals surface area contributed by atoms with Crippen LogP contribution in [0.3, 0.4) is 0 Å². The number of pyridine rings is 1. The van der Waals surface area contributed by atoms with Crippen molar-refractivity contribution in [1.29, 1.82) is 0 Å². The molecule has 0 bridgehead atoms. The molecule has 1 aromatic heterocycles. The van der Waals surface area contributed by atoms with E-state index in [4.69, 9.17) is 10.5 Å². The van der Waals surface area contributed by atoms with Crippen LogP contribution >= 0.6 is 0 Å². The van der Waals surface area contributed by atoms with Gasteiger partial charge in [0.2, 0.25) is 0 Å². The van der Waals surface area contributed by atoms with Gasteiger partial charge in [0.25, 0.3) is 0 Å². The van der Waals surface area contributed by atoms with Crippen LogP contribution in [0.25, 0.3) is 10.9 Å². The Kier molecular flexibility index (Phi) is 3.52. The first-order valence-electron chi connectivity index (χ1n) is 8.01. The van der Waals surface area contributed by atoms with Crippen molar-refractivity contribution >= 4 is 16.7 Å². The Bertz CT molecular complexity index is 851. The second-order valence-corrected chi connectivity index (χ2v) is 6.94. The number of halogens is 2. The van der Waals surface area contributed by atoms with Gasteiger partial charge in [-0.3, -0.25) is 0 Å². The van der Waals surface area contributed by atoms with Crippen LogP contribution in [0.5, 0.6) is 0 Å². The Morgan fingerprint density at radius 2 is 2.08 bits per heavy atom. The monoisotopic (exact) mass is 352 g/mol. The summed E-state index contributed by atoms with van der Waals surface area (Å²) in [5, 5.41) is 32.1. The molecule has 0 amide bonds. The first-order valence-corrected chi connectivity index (χ1v) is 8.01. The molecule has 5 atom stereocenters. The highest BCUT2D eigenvalue weighted by Gasteiger charge is 2.66. The quantitative estimate of drug-likeness (QED) is 0.637. The van der Waals surface area contributed by atoms with Crippen molar-refractivity contribution in [3.63, 3.8) is 0 Å². The summed E-state index contributed by atoms with van der Waals surface area (Å²) in [6, 6.07) is 6.09. The molecule has 8 heteroatoms. The van der Waals surface area contributed by atoms with Gasteiger partial charge in [0.05, 0.1) is 11.6 Å². The minimum absolute atomic E-state index is 0.0784. The fraction of sp³-hybridized carbons (Fsp3) is 0.471. The van der Waals surface area contributed by atoms with Crippen LogP contribution in [0.15, 0.2) is 24.3 Å².